The van der Waals surface area contributed by atoms with Gasteiger partial charge in [0.1, 0.15) is 0 Å². The molecule has 2 rings (SSSR count). The van der Waals surface area contributed by atoms with Crippen LogP contribution in [0.3, 0.4) is 0 Å². The van der Waals surface area contributed by atoms with Crippen LogP contribution in [0.25, 0.3) is 0 Å². The molecule has 1 aromatic carbocycles. The third-order valence-electron chi connectivity index (χ3n) is 4.12. The van der Waals surface area contributed by atoms with E-state index in [1.54, 1.807) is 0 Å². The standard InChI is InChI=1S/C19H29NO3/c1-3-5-7-11-14-22-19-17-13-9-8-12-16(17)18(21)20(19)23-15-10-6-4-2/h8-9,12-13,19H,3-7,10-11,14-15H2,1-2H3. The quantitative estimate of drug-likeness (QED) is 0.547. The van der Waals surface area contributed by atoms with Gasteiger partial charge in [0.05, 0.1) is 6.61 Å². The zero-order valence-corrected chi connectivity index (χ0v) is 14.4. The molecular weight excluding hydrogens is 290 g/mol. The summed E-state index contributed by atoms with van der Waals surface area (Å²) in [6.07, 6.45) is 7.41. The van der Waals surface area contributed by atoms with Crippen molar-refractivity contribution >= 4 is 5.91 Å². The molecule has 1 aliphatic rings. The molecule has 0 fully saturated rings. The van der Waals surface area contributed by atoms with Crippen LogP contribution in [-0.2, 0) is 9.57 Å². The van der Waals surface area contributed by atoms with Gasteiger partial charge in [0.15, 0.2) is 6.23 Å². The van der Waals surface area contributed by atoms with Gasteiger partial charge in [-0.15, -0.1) is 0 Å². The first-order chi connectivity index (χ1) is 11.3. The van der Waals surface area contributed by atoms with Crippen molar-refractivity contribution in [1.82, 2.24) is 5.06 Å². The Kier molecular flexibility index (Phi) is 7.56. The number of hydrogen-bond donors (Lipinski definition) is 0. The SMILES string of the molecule is CCCCCCOC1c2ccccc2C(=O)N1OCCCCC. The van der Waals surface area contributed by atoms with Crippen LogP contribution in [0.2, 0.25) is 0 Å². The molecular formula is C19H29NO3. The Morgan fingerprint density at radius 3 is 2.43 bits per heavy atom. The second-order valence-corrected chi connectivity index (χ2v) is 6.04. The third kappa shape index (κ3) is 4.79. The van der Waals surface area contributed by atoms with Gasteiger partial charge in [-0.25, -0.2) is 0 Å². The van der Waals surface area contributed by atoms with Crippen LogP contribution in [-0.4, -0.2) is 24.2 Å². The molecule has 0 saturated carbocycles. The average Bonchev–Trinajstić information content (AvgIpc) is 2.84. The lowest BCUT2D eigenvalue weighted by atomic mass is 10.1. The van der Waals surface area contributed by atoms with Gasteiger partial charge in [-0.1, -0.05) is 64.2 Å². The van der Waals surface area contributed by atoms with Crippen molar-refractivity contribution in [3.63, 3.8) is 0 Å². The number of benzene rings is 1. The summed E-state index contributed by atoms with van der Waals surface area (Å²) in [4.78, 5) is 18.3. The van der Waals surface area contributed by atoms with Gasteiger partial charge in [-0.3, -0.25) is 9.63 Å². The van der Waals surface area contributed by atoms with Gasteiger partial charge in [0.25, 0.3) is 5.91 Å². The maximum Gasteiger partial charge on any atom is 0.280 e. The first-order valence-corrected chi connectivity index (χ1v) is 8.96. The van der Waals surface area contributed by atoms with E-state index in [9.17, 15) is 4.79 Å². The number of nitrogens with zero attached hydrogens (tertiary/aromatic N) is 1. The Hall–Kier alpha value is -1.39. The summed E-state index contributed by atoms with van der Waals surface area (Å²) in [5, 5.41) is 1.43. The van der Waals surface area contributed by atoms with Gasteiger partial charge in [-0.05, 0) is 18.9 Å². The molecule has 0 aromatic heterocycles. The molecule has 1 unspecified atom stereocenters. The molecule has 0 aliphatic carbocycles. The van der Waals surface area contributed by atoms with E-state index in [2.05, 4.69) is 13.8 Å². The van der Waals surface area contributed by atoms with Gasteiger partial charge in [0.2, 0.25) is 0 Å². The van der Waals surface area contributed by atoms with Gasteiger partial charge in [-0.2, -0.15) is 5.06 Å². The molecule has 0 saturated heterocycles. The number of hydrogen-bond acceptors (Lipinski definition) is 3. The Bertz CT molecular complexity index is 489. The minimum Gasteiger partial charge on any atom is -0.352 e. The van der Waals surface area contributed by atoms with Gasteiger partial charge in [0, 0.05) is 17.7 Å². The maximum atomic E-state index is 12.5. The van der Waals surface area contributed by atoms with Crippen molar-refractivity contribution in [1.29, 1.82) is 0 Å². The smallest absolute Gasteiger partial charge is 0.280 e. The molecule has 1 amide bonds. The fraction of sp³-hybridized carbons (Fsp3) is 0.632. The van der Waals surface area contributed by atoms with E-state index >= 15 is 0 Å². The fourth-order valence-corrected chi connectivity index (χ4v) is 2.78. The van der Waals surface area contributed by atoms with Crippen LogP contribution in [0.4, 0.5) is 0 Å². The minimum absolute atomic E-state index is 0.0874. The Balaban J connectivity index is 1.96. The number of unbranched alkanes of at least 4 members (excludes halogenated alkanes) is 5. The van der Waals surface area contributed by atoms with E-state index in [0.717, 1.165) is 37.7 Å². The van der Waals surface area contributed by atoms with E-state index in [0.29, 0.717) is 18.8 Å². The summed E-state index contributed by atoms with van der Waals surface area (Å²) >= 11 is 0. The van der Waals surface area contributed by atoms with E-state index in [1.165, 1.54) is 17.9 Å². The predicted molar refractivity (Wildman–Crippen MR) is 90.9 cm³/mol. The minimum atomic E-state index is -0.401. The highest BCUT2D eigenvalue weighted by Gasteiger charge is 2.38. The molecule has 4 heteroatoms. The van der Waals surface area contributed by atoms with Gasteiger partial charge < -0.3 is 4.74 Å². The van der Waals surface area contributed by atoms with Crippen LogP contribution >= 0.6 is 0 Å². The molecule has 23 heavy (non-hydrogen) atoms. The normalized spacial score (nSPS) is 16.9. The monoisotopic (exact) mass is 319 g/mol. The molecule has 1 heterocycles. The molecule has 0 N–H and O–H groups in total. The summed E-state index contributed by atoms with van der Waals surface area (Å²) in [5.41, 5.74) is 1.62. The molecule has 0 bridgehead atoms. The molecule has 1 aliphatic heterocycles. The van der Waals surface area contributed by atoms with E-state index < -0.39 is 6.23 Å². The second kappa shape index (κ2) is 9.68. The van der Waals surface area contributed by atoms with Crippen molar-refractivity contribution in [2.24, 2.45) is 0 Å². The molecule has 0 spiro atoms. The van der Waals surface area contributed by atoms with Crippen molar-refractivity contribution < 1.29 is 14.4 Å². The first kappa shape index (κ1) is 18.0. The lowest BCUT2D eigenvalue weighted by molar-refractivity contribution is -0.216. The van der Waals surface area contributed by atoms with E-state index in [-0.39, 0.29) is 5.91 Å². The lowest BCUT2D eigenvalue weighted by Crippen LogP contribution is -2.30. The zero-order valence-electron chi connectivity index (χ0n) is 14.4. The molecule has 128 valence electrons. The second-order valence-electron chi connectivity index (χ2n) is 6.04. The topological polar surface area (TPSA) is 38.8 Å². The number of rotatable bonds is 11. The Morgan fingerprint density at radius 1 is 0.957 bits per heavy atom. The summed E-state index contributed by atoms with van der Waals surface area (Å²) in [7, 11) is 0. The molecule has 1 aromatic rings. The van der Waals surface area contributed by atoms with Crippen molar-refractivity contribution in [3.8, 4) is 0 Å². The first-order valence-electron chi connectivity index (χ1n) is 8.96. The van der Waals surface area contributed by atoms with Crippen LogP contribution in [0, 0.1) is 0 Å². The highest BCUT2D eigenvalue weighted by Crippen LogP contribution is 2.34. The number of carbonyl (C=O) groups excluding carboxylic acids is 1. The van der Waals surface area contributed by atoms with E-state index in [1.807, 2.05) is 24.3 Å². The largest absolute Gasteiger partial charge is 0.352 e. The highest BCUT2D eigenvalue weighted by atomic mass is 16.7. The number of amides is 1. The Morgan fingerprint density at radius 2 is 1.65 bits per heavy atom. The van der Waals surface area contributed by atoms with Crippen molar-refractivity contribution in [2.45, 2.75) is 65.0 Å². The summed E-state index contributed by atoms with van der Waals surface area (Å²) < 4.78 is 6.00. The van der Waals surface area contributed by atoms with Crippen LogP contribution in [0.15, 0.2) is 24.3 Å². The highest BCUT2D eigenvalue weighted by molar-refractivity contribution is 5.98. The molecule has 1 atom stereocenters. The van der Waals surface area contributed by atoms with Crippen molar-refractivity contribution in [3.05, 3.63) is 35.4 Å². The van der Waals surface area contributed by atoms with Gasteiger partial charge >= 0.3 is 0 Å². The number of hydroxylamine groups is 2. The Labute approximate surface area is 139 Å². The number of carbonyl (C=O) groups is 1. The number of fused-ring (bicyclic) bond motifs is 1. The fourth-order valence-electron chi connectivity index (χ4n) is 2.78. The van der Waals surface area contributed by atoms with Crippen molar-refractivity contribution in [2.75, 3.05) is 13.2 Å². The average molecular weight is 319 g/mol. The zero-order chi connectivity index (χ0) is 16.5. The van der Waals surface area contributed by atoms with Crippen LogP contribution < -0.4 is 0 Å². The third-order valence-corrected chi connectivity index (χ3v) is 4.12. The maximum absolute atomic E-state index is 12.5. The predicted octanol–water partition coefficient (Wildman–Crippen LogP) is 4.86. The van der Waals surface area contributed by atoms with Crippen LogP contribution in [0.1, 0.15) is 80.9 Å². The number of ether oxygens (including phenoxy) is 1. The summed E-state index contributed by atoms with van der Waals surface area (Å²) in [6.45, 7) is 5.56. The molecule has 4 nitrogen and oxygen atoms in total. The summed E-state index contributed by atoms with van der Waals surface area (Å²) in [6, 6.07) is 7.63. The summed E-state index contributed by atoms with van der Waals surface area (Å²) in [5.74, 6) is -0.0874. The lowest BCUT2D eigenvalue weighted by Gasteiger charge is -2.24. The van der Waals surface area contributed by atoms with Crippen LogP contribution in [0.5, 0.6) is 0 Å². The van der Waals surface area contributed by atoms with E-state index in [4.69, 9.17) is 9.57 Å². The molecule has 0 radical (unpaired) electrons.